The monoisotopic (exact) mass is 447 g/mol. The van der Waals surface area contributed by atoms with E-state index in [2.05, 4.69) is 55.4 Å². The number of carbonyl (C=O) groups is 2. The highest BCUT2D eigenvalue weighted by Gasteiger charge is 2.41. The lowest BCUT2D eigenvalue weighted by atomic mass is 9.73. The number of carboxylic acid groups (broad SMARTS) is 2. The topological polar surface area (TPSA) is 98.1 Å². The Kier molecular flexibility index (Phi) is 9.04. The zero-order valence-electron chi connectivity index (χ0n) is 17.9. The number of aliphatic carboxylic acids is 2. The SMILES string of the molecule is CN(C)CCC[C@]1(O)c2ccccc2CCC[C@H]1c1ccc(Cl)cc1.O=C(O)C(=O)O. The summed E-state index contributed by atoms with van der Waals surface area (Å²) < 4.78 is 0. The van der Waals surface area contributed by atoms with Crippen LogP contribution in [0.5, 0.6) is 0 Å². The van der Waals surface area contributed by atoms with E-state index in [9.17, 15) is 5.11 Å². The first-order valence-corrected chi connectivity index (χ1v) is 10.7. The van der Waals surface area contributed by atoms with Crippen LogP contribution in [-0.2, 0) is 21.6 Å². The summed E-state index contributed by atoms with van der Waals surface area (Å²) in [7, 11) is 4.17. The van der Waals surface area contributed by atoms with Gasteiger partial charge in [-0.3, -0.25) is 0 Å². The molecule has 2 aromatic carbocycles. The molecule has 7 heteroatoms. The van der Waals surface area contributed by atoms with Gasteiger partial charge < -0.3 is 20.2 Å². The van der Waals surface area contributed by atoms with Gasteiger partial charge in [-0.1, -0.05) is 48.0 Å². The standard InChI is InChI=1S/C22H28ClNO.C2H2O4/c1-24(2)16-6-15-22(25)20-9-4-3-7-17(20)8-5-10-21(22)18-11-13-19(23)14-12-18;3-1(4)2(5)6/h3-4,7,9,11-14,21,25H,5-6,8,10,15-16H2,1-2H3;(H,3,4)(H,5,6)/t21-,22-;/m0./s1. The Hall–Kier alpha value is -2.41. The average molecular weight is 448 g/mol. The number of hydrogen-bond acceptors (Lipinski definition) is 4. The lowest BCUT2D eigenvalue weighted by molar-refractivity contribution is -0.159. The van der Waals surface area contributed by atoms with Gasteiger partial charge in [-0.05, 0) is 81.6 Å². The predicted octanol–water partition coefficient (Wildman–Crippen LogP) is 4.15. The molecule has 1 aliphatic rings. The molecule has 1 aliphatic carbocycles. The third-order valence-electron chi connectivity index (χ3n) is 5.62. The number of fused-ring (bicyclic) bond motifs is 1. The lowest BCUT2D eigenvalue weighted by Gasteiger charge is -2.37. The van der Waals surface area contributed by atoms with E-state index in [1.54, 1.807) is 0 Å². The molecule has 3 N–H and O–H groups in total. The molecule has 0 amide bonds. The number of rotatable bonds is 5. The van der Waals surface area contributed by atoms with Crippen LogP contribution in [0.15, 0.2) is 48.5 Å². The largest absolute Gasteiger partial charge is 0.473 e. The van der Waals surface area contributed by atoms with Gasteiger partial charge in [0.25, 0.3) is 0 Å². The quantitative estimate of drug-likeness (QED) is 0.470. The number of halogens is 1. The van der Waals surface area contributed by atoms with Crippen LogP contribution < -0.4 is 0 Å². The normalized spacial score (nSPS) is 20.2. The van der Waals surface area contributed by atoms with Gasteiger partial charge in [-0.2, -0.15) is 0 Å². The summed E-state index contributed by atoms with van der Waals surface area (Å²) in [6.45, 7) is 0.984. The molecule has 3 rings (SSSR count). The van der Waals surface area contributed by atoms with Crippen LogP contribution >= 0.6 is 11.6 Å². The Morgan fingerprint density at radius 1 is 1.06 bits per heavy atom. The second-order valence-electron chi connectivity index (χ2n) is 8.09. The Balaban J connectivity index is 0.000000501. The molecule has 0 bridgehead atoms. The van der Waals surface area contributed by atoms with Crippen molar-refractivity contribution in [2.75, 3.05) is 20.6 Å². The molecule has 0 spiro atoms. The first-order valence-electron chi connectivity index (χ1n) is 10.3. The van der Waals surface area contributed by atoms with Gasteiger partial charge >= 0.3 is 11.9 Å². The smallest absolute Gasteiger partial charge is 0.414 e. The summed E-state index contributed by atoms with van der Waals surface area (Å²) >= 11 is 6.09. The van der Waals surface area contributed by atoms with E-state index >= 15 is 0 Å². The van der Waals surface area contributed by atoms with Crippen LogP contribution in [0.1, 0.15) is 48.3 Å². The number of benzene rings is 2. The second kappa shape index (κ2) is 11.3. The summed E-state index contributed by atoms with van der Waals surface area (Å²) in [6, 6.07) is 16.5. The molecule has 6 nitrogen and oxygen atoms in total. The van der Waals surface area contributed by atoms with Crippen LogP contribution in [0, 0.1) is 0 Å². The Morgan fingerprint density at radius 3 is 2.26 bits per heavy atom. The van der Waals surface area contributed by atoms with Crippen molar-refractivity contribution in [3.8, 4) is 0 Å². The molecule has 0 radical (unpaired) electrons. The van der Waals surface area contributed by atoms with Crippen LogP contribution in [0.3, 0.4) is 0 Å². The van der Waals surface area contributed by atoms with Crippen molar-refractivity contribution in [2.45, 2.75) is 43.6 Å². The molecule has 0 fully saturated rings. The average Bonchev–Trinajstić information content (AvgIpc) is 2.86. The summed E-state index contributed by atoms with van der Waals surface area (Å²) in [5.41, 5.74) is 2.78. The molecule has 0 heterocycles. The summed E-state index contributed by atoms with van der Waals surface area (Å²) in [6.07, 6.45) is 4.88. The summed E-state index contributed by atoms with van der Waals surface area (Å²) in [4.78, 5) is 20.4. The van der Waals surface area contributed by atoms with Crippen LogP contribution in [-0.4, -0.2) is 52.8 Å². The number of aryl methyl sites for hydroxylation is 1. The number of hydrogen-bond donors (Lipinski definition) is 3. The van der Waals surface area contributed by atoms with Crippen molar-refractivity contribution in [1.29, 1.82) is 0 Å². The van der Waals surface area contributed by atoms with Gasteiger partial charge in [0.1, 0.15) is 0 Å². The van der Waals surface area contributed by atoms with Crippen LogP contribution in [0.2, 0.25) is 5.02 Å². The number of nitrogens with zero attached hydrogens (tertiary/aromatic N) is 1. The van der Waals surface area contributed by atoms with Gasteiger partial charge in [0, 0.05) is 10.9 Å². The number of aliphatic hydroxyl groups is 1. The molecule has 31 heavy (non-hydrogen) atoms. The molecule has 2 aromatic rings. The molecule has 0 aliphatic heterocycles. The predicted molar refractivity (Wildman–Crippen MR) is 121 cm³/mol. The molecule has 0 unspecified atom stereocenters. The maximum absolute atomic E-state index is 11.9. The third-order valence-corrected chi connectivity index (χ3v) is 5.87. The van der Waals surface area contributed by atoms with Gasteiger partial charge in [0.05, 0.1) is 5.60 Å². The van der Waals surface area contributed by atoms with Crippen molar-refractivity contribution < 1.29 is 24.9 Å². The van der Waals surface area contributed by atoms with E-state index in [0.29, 0.717) is 0 Å². The van der Waals surface area contributed by atoms with Crippen LogP contribution in [0.4, 0.5) is 0 Å². The van der Waals surface area contributed by atoms with E-state index in [4.69, 9.17) is 31.4 Å². The molecule has 0 saturated heterocycles. The fourth-order valence-corrected chi connectivity index (χ4v) is 4.32. The minimum atomic E-state index is -1.82. The fraction of sp³-hybridized carbons (Fsp3) is 0.417. The molecule has 2 atom stereocenters. The molecule has 168 valence electrons. The highest BCUT2D eigenvalue weighted by Crippen LogP contribution is 2.47. The Morgan fingerprint density at radius 2 is 1.68 bits per heavy atom. The van der Waals surface area contributed by atoms with E-state index in [-0.39, 0.29) is 5.92 Å². The first-order chi connectivity index (χ1) is 14.6. The lowest BCUT2D eigenvalue weighted by Crippen LogP contribution is -2.34. The zero-order valence-corrected chi connectivity index (χ0v) is 18.7. The molecule has 0 saturated carbocycles. The van der Waals surface area contributed by atoms with Crippen molar-refractivity contribution in [3.63, 3.8) is 0 Å². The zero-order chi connectivity index (χ0) is 23.0. The third kappa shape index (κ3) is 6.79. The van der Waals surface area contributed by atoms with E-state index < -0.39 is 17.5 Å². The first kappa shape index (κ1) is 24.9. The van der Waals surface area contributed by atoms with Gasteiger partial charge in [0.2, 0.25) is 0 Å². The van der Waals surface area contributed by atoms with Crippen molar-refractivity contribution in [3.05, 3.63) is 70.2 Å². The molecular formula is C24H30ClNO5. The summed E-state index contributed by atoms with van der Waals surface area (Å²) in [5.74, 6) is -3.54. The van der Waals surface area contributed by atoms with Gasteiger partial charge in [0.15, 0.2) is 0 Å². The maximum Gasteiger partial charge on any atom is 0.414 e. The Bertz CT molecular complexity index is 872. The highest BCUT2D eigenvalue weighted by atomic mass is 35.5. The number of carboxylic acids is 2. The molecule has 0 aromatic heterocycles. The van der Waals surface area contributed by atoms with E-state index in [0.717, 1.165) is 49.2 Å². The Labute approximate surface area is 188 Å². The molecular weight excluding hydrogens is 418 g/mol. The highest BCUT2D eigenvalue weighted by molar-refractivity contribution is 6.30. The van der Waals surface area contributed by atoms with Crippen molar-refractivity contribution in [2.24, 2.45) is 0 Å². The van der Waals surface area contributed by atoms with E-state index in [1.165, 1.54) is 11.1 Å². The van der Waals surface area contributed by atoms with Crippen molar-refractivity contribution >= 4 is 23.5 Å². The maximum atomic E-state index is 11.9. The minimum Gasteiger partial charge on any atom is -0.473 e. The summed E-state index contributed by atoms with van der Waals surface area (Å²) in [5, 5.41) is 27.5. The minimum absolute atomic E-state index is 0.107. The van der Waals surface area contributed by atoms with E-state index in [1.807, 2.05) is 12.1 Å². The van der Waals surface area contributed by atoms with Gasteiger partial charge in [-0.25, -0.2) is 9.59 Å². The van der Waals surface area contributed by atoms with Crippen molar-refractivity contribution in [1.82, 2.24) is 4.90 Å². The van der Waals surface area contributed by atoms with Crippen LogP contribution in [0.25, 0.3) is 0 Å². The second-order valence-corrected chi connectivity index (χ2v) is 8.53. The fourth-order valence-electron chi connectivity index (χ4n) is 4.19. The van der Waals surface area contributed by atoms with Gasteiger partial charge in [-0.15, -0.1) is 0 Å².